The molecule has 0 aromatic heterocycles. The molecule has 1 aliphatic rings. The fourth-order valence-electron chi connectivity index (χ4n) is 2.22. The molecule has 1 fully saturated rings. The summed E-state index contributed by atoms with van der Waals surface area (Å²) in [5, 5.41) is 2.69. The fraction of sp³-hybridized carbons (Fsp3) is 0.833. The van der Waals surface area contributed by atoms with Gasteiger partial charge >= 0.3 is 0 Å². The predicted octanol–water partition coefficient (Wildman–Crippen LogP) is 0.628. The van der Waals surface area contributed by atoms with Crippen molar-refractivity contribution in [3.05, 3.63) is 0 Å². The maximum absolute atomic E-state index is 12.2. The Balaban J connectivity index is 2.74. The lowest BCUT2D eigenvalue weighted by atomic mass is 9.62. The Morgan fingerprint density at radius 3 is 2.26 bits per heavy atom. The molecule has 0 aromatic carbocycles. The van der Waals surface area contributed by atoms with Gasteiger partial charge in [-0.3, -0.25) is 4.79 Å². The minimum absolute atomic E-state index is 0.0589. The van der Waals surface area contributed by atoms with E-state index in [1.54, 1.807) is 13.8 Å². The molecule has 0 unspecified atom stereocenters. The lowest BCUT2D eigenvalue weighted by Gasteiger charge is -2.44. The smallest absolute Gasteiger partial charge is 0.233 e. The number of hydrogen-bond donors (Lipinski definition) is 2. The molecule has 7 heteroatoms. The van der Waals surface area contributed by atoms with E-state index in [4.69, 9.17) is 18.0 Å². The van der Waals surface area contributed by atoms with E-state index in [9.17, 15) is 13.2 Å². The average Bonchev–Trinajstić information content (AvgIpc) is 2.19. The van der Waals surface area contributed by atoms with Gasteiger partial charge in [0.05, 0.1) is 15.2 Å². The van der Waals surface area contributed by atoms with Crippen LogP contribution < -0.4 is 11.1 Å². The molecule has 3 N–H and O–H groups in total. The highest BCUT2D eigenvalue weighted by Crippen LogP contribution is 2.46. The van der Waals surface area contributed by atoms with Gasteiger partial charge in [0.2, 0.25) is 5.91 Å². The predicted molar refractivity (Wildman–Crippen MR) is 79.5 cm³/mol. The quantitative estimate of drug-likeness (QED) is 0.727. The maximum Gasteiger partial charge on any atom is 0.233 e. The lowest BCUT2D eigenvalue weighted by Crippen LogP contribution is -2.58. The Labute approximate surface area is 120 Å². The molecule has 5 nitrogen and oxygen atoms in total. The zero-order chi connectivity index (χ0) is 15.1. The van der Waals surface area contributed by atoms with E-state index >= 15 is 0 Å². The third-order valence-corrected chi connectivity index (χ3v) is 6.52. The van der Waals surface area contributed by atoms with E-state index in [0.29, 0.717) is 18.8 Å². The molecule has 1 saturated carbocycles. The molecule has 110 valence electrons. The van der Waals surface area contributed by atoms with Gasteiger partial charge in [-0.05, 0) is 32.6 Å². The average molecular weight is 306 g/mol. The van der Waals surface area contributed by atoms with Crippen LogP contribution in [0.4, 0.5) is 0 Å². The van der Waals surface area contributed by atoms with E-state index in [2.05, 4.69) is 5.32 Å². The van der Waals surface area contributed by atoms with E-state index in [0.717, 1.165) is 6.26 Å². The van der Waals surface area contributed by atoms with Crippen molar-refractivity contribution in [3.63, 3.8) is 0 Å². The van der Waals surface area contributed by atoms with Crippen LogP contribution in [-0.4, -0.2) is 36.9 Å². The first kappa shape index (κ1) is 16.4. The molecule has 0 aliphatic heterocycles. The summed E-state index contributed by atoms with van der Waals surface area (Å²) in [6.45, 7) is 5.26. The van der Waals surface area contributed by atoms with Crippen molar-refractivity contribution in [3.8, 4) is 0 Å². The number of sulfone groups is 1. The number of thiocarbonyl (C=S) groups is 1. The van der Waals surface area contributed by atoms with Crippen molar-refractivity contribution in [1.82, 2.24) is 5.32 Å². The van der Waals surface area contributed by atoms with E-state index < -0.39 is 20.0 Å². The number of nitrogens with two attached hydrogens (primary N) is 1. The standard InChI is InChI=1S/C12H22N2O3S2/c1-8-5-12(6-8,9(13)18)10(15)14-7-11(2,3)19(4,16)17/h8H,5-7H2,1-4H3,(H2,13,18)(H,14,15). The Kier molecular flexibility index (Phi) is 4.32. The van der Waals surface area contributed by atoms with Gasteiger partial charge in [0.1, 0.15) is 0 Å². The molecule has 19 heavy (non-hydrogen) atoms. The van der Waals surface area contributed by atoms with Crippen molar-refractivity contribution in [2.75, 3.05) is 12.8 Å². The van der Waals surface area contributed by atoms with Gasteiger partial charge in [0, 0.05) is 12.8 Å². The van der Waals surface area contributed by atoms with Crippen molar-refractivity contribution in [2.45, 2.75) is 38.4 Å². The van der Waals surface area contributed by atoms with Gasteiger partial charge < -0.3 is 11.1 Å². The zero-order valence-electron chi connectivity index (χ0n) is 11.8. The molecule has 1 amide bonds. The molecular formula is C12H22N2O3S2. The monoisotopic (exact) mass is 306 g/mol. The van der Waals surface area contributed by atoms with Gasteiger partial charge in [-0.1, -0.05) is 19.1 Å². The number of carbonyl (C=O) groups is 1. The van der Waals surface area contributed by atoms with Gasteiger partial charge in [-0.25, -0.2) is 8.42 Å². The molecule has 0 saturated heterocycles. The van der Waals surface area contributed by atoms with Crippen LogP contribution in [0.5, 0.6) is 0 Å². The highest BCUT2D eigenvalue weighted by atomic mass is 32.2. The summed E-state index contributed by atoms with van der Waals surface area (Å²) in [7, 11) is -3.24. The van der Waals surface area contributed by atoms with Gasteiger partial charge in [0.25, 0.3) is 0 Å². The normalized spacial score (nSPS) is 27.5. The number of hydrogen-bond acceptors (Lipinski definition) is 4. The van der Waals surface area contributed by atoms with Crippen LogP contribution in [-0.2, 0) is 14.6 Å². The molecule has 0 radical (unpaired) electrons. The second-order valence-corrected chi connectivity index (χ2v) is 9.26. The number of nitrogens with one attached hydrogen (secondary N) is 1. The Bertz CT molecular complexity index is 491. The Hall–Kier alpha value is -0.690. The van der Waals surface area contributed by atoms with Crippen LogP contribution in [0.25, 0.3) is 0 Å². The van der Waals surface area contributed by atoms with Crippen molar-refractivity contribution < 1.29 is 13.2 Å². The number of rotatable bonds is 5. The summed E-state index contributed by atoms with van der Waals surface area (Å²) < 4.78 is 22.2. The summed E-state index contributed by atoms with van der Waals surface area (Å²) in [5.41, 5.74) is 4.88. The summed E-state index contributed by atoms with van der Waals surface area (Å²) >= 11 is 4.99. The molecule has 1 aliphatic carbocycles. The summed E-state index contributed by atoms with van der Waals surface area (Å²) in [6.07, 6.45) is 2.43. The summed E-state index contributed by atoms with van der Waals surface area (Å²) in [6, 6.07) is 0. The van der Waals surface area contributed by atoms with Crippen LogP contribution in [0.15, 0.2) is 0 Å². The minimum Gasteiger partial charge on any atom is -0.392 e. The largest absolute Gasteiger partial charge is 0.392 e. The fourth-order valence-corrected chi connectivity index (χ4v) is 2.82. The summed E-state index contributed by atoms with van der Waals surface area (Å²) in [4.78, 5) is 12.4. The van der Waals surface area contributed by atoms with Gasteiger partial charge in [0.15, 0.2) is 9.84 Å². The maximum atomic E-state index is 12.2. The summed E-state index contributed by atoms with van der Waals surface area (Å²) in [5.74, 6) is 0.157. The third-order valence-electron chi connectivity index (χ3n) is 3.98. The van der Waals surface area contributed by atoms with E-state index in [1.165, 1.54) is 0 Å². The van der Waals surface area contributed by atoms with Gasteiger partial charge in [-0.2, -0.15) is 0 Å². The van der Waals surface area contributed by atoms with E-state index in [-0.39, 0.29) is 17.4 Å². The van der Waals surface area contributed by atoms with Gasteiger partial charge in [-0.15, -0.1) is 0 Å². The first-order valence-corrected chi connectivity index (χ1v) is 8.50. The molecule has 0 atom stereocenters. The Morgan fingerprint density at radius 1 is 1.47 bits per heavy atom. The second kappa shape index (κ2) is 5.01. The molecule has 0 bridgehead atoms. The Morgan fingerprint density at radius 2 is 1.95 bits per heavy atom. The van der Waals surface area contributed by atoms with Crippen molar-refractivity contribution in [2.24, 2.45) is 17.1 Å². The highest BCUT2D eigenvalue weighted by Gasteiger charge is 2.51. The van der Waals surface area contributed by atoms with Crippen LogP contribution in [0.3, 0.4) is 0 Å². The zero-order valence-corrected chi connectivity index (χ0v) is 13.5. The highest BCUT2D eigenvalue weighted by molar-refractivity contribution is 7.92. The molecule has 0 heterocycles. The molecule has 1 rings (SSSR count). The van der Waals surface area contributed by atoms with Crippen LogP contribution in [0.1, 0.15) is 33.6 Å². The van der Waals surface area contributed by atoms with Crippen molar-refractivity contribution in [1.29, 1.82) is 0 Å². The number of carbonyl (C=O) groups excluding carboxylic acids is 1. The van der Waals surface area contributed by atoms with Crippen molar-refractivity contribution >= 4 is 33.0 Å². The van der Waals surface area contributed by atoms with E-state index in [1.807, 2.05) is 6.92 Å². The number of amides is 1. The van der Waals surface area contributed by atoms with Crippen LogP contribution in [0.2, 0.25) is 0 Å². The lowest BCUT2D eigenvalue weighted by molar-refractivity contribution is -0.132. The topological polar surface area (TPSA) is 89.3 Å². The SMILES string of the molecule is CC1CC(C(=O)NCC(C)(C)S(C)(=O)=O)(C(N)=S)C1. The van der Waals surface area contributed by atoms with Crippen LogP contribution in [0, 0.1) is 11.3 Å². The first-order valence-electron chi connectivity index (χ1n) is 6.20. The molecule has 0 spiro atoms. The minimum atomic E-state index is -3.24. The molecule has 0 aromatic rings. The molecular weight excluding hydrogens is 284 g/mol. The third kappa shape index (κ3) is 3.08. The second-order valence-electron chi connectivity index (χ2n) is 6.17. The first-order chi connectivity index (χ1) is 8.42. The van der Waals surface area contributed by atoms with Crippen LogP contribution >= 0.6 is 12.2 Å².